The number of aromatic nitrogens is 2. The summed E-state index contributed by atoms with van der Waals surface area (Å²) in [5.74, 6) is 0.590. The molecule has 4 rings (SSSR count). The largest absolute Gasteiger partial charge is 0.467 e. The molecule has 1 N–H and O–H groups in total. The summed E-state index contributed by atoms with van der Waals surface area (Å²) in [4.78, 5) is 12.5. The Morgan fingerprint density at radius 1 is 1.17 bits per heavy atom. The molecule has 1 aliphatic carbocycles. The van der Waals surface area contributed by atoms with Gasteiger partial charge in [0.25, 0.3) is 5.91 Å². The number of rotatable bonds is 4. The van der Waals surface area contributed by atoms with Gasteiger partial charge in [0.05, 0.1) is 18.5 Å². The maximum absolute atomic E-state index is 12.5. The second-order valence-electron chi connectivity index (χ2n) is 5.64. The van der Waals surface area contributed by atoms with Crippen molar-refractivity contribution in [2.45, 2.75) is 25.8 Å². The van der Waals surface area contributed by atoms with E-state index in [1.54, 1.807) is 6.26 Å². The number of nitrogens with zero attached hydrogens (tertiary/aromatic N) is 2. The number of carbonyl (C=O) groups is 1. The molecule has 1 aromatic carbocycles. The third-order valence-corrected chi connectivity index (χ3v) is 4.15. The van der Waals surface area contributed by atoms with Gasteiger partial charge in [-0.25, -0.2) is 4.68 Å². The van der Waals surface area contributed by atoms with Crippen molar-refractivity contribution in [1.29, 1.82) is 0 Å². The number of carbonyl (C=O) groups excluding carboxylic acids is 1. The highest BCUT2D eigenvalue weighted by Gasteiger charge is 2.26. The fourth-order valence-corrected chi connectivity index (χ4v) is 3.07. The first-order chi connectivity index (χ1) is 11.3. The topological polar surface area (TPSA) is 60.1 Å². The van der Waals surface area contributed by atoms with E-state index >= 15 is 0 Å². The van der Waals surface area contributed by atoms with Crippen molar-refractivity contribution < 1.29 is 9.21 Å². The number of fused-ring (bicyclic) bond motifs is 1. The van der Waals surface area contributed by atoms with Crippen LogP contribution >= 0.6 is 0 Å². The number of furan rings is 1. The maximum Gasteiger partial charge on any atom is 0.272 e. The Labute approximate surface area is 133 Å². The lowest BCUT2D eigenvalue weighted by Gasteiger charge is -2.04. The van der Waals surface area contributed by atoms with Gasteiger partial charge < -0.3 is 9.73 Å². The Morgan fingerprint density at radius 3 is 2.83 bits per heavy atom. The van der Waals surface area contributed by atoms with Crippen LogP contribution in [0.1, 0.15) is 33.9 Å². The Hall–Kier alpha value is -2.82. The lowest BCUT2D eigenvalue weighted by Crippen LogP contribution is -2.24. The SMILES string of the molecule is O=C(NCc1ccco1)c1nn(-c2ccccc2)c2c1CCC2. The van der Waals surface area contributed by atoms with Gasteiger partial charge in [-0.1, -0.05) is 18.2 Å². The molecule has 0 saturated carbocycles. The Balaban J connectivity index is 1.63. The molecule has 0 fully saturated rings. The van der Waals surface area contributed by atoms with Crippen LogP contribution in [0.3, 0.4) is 0 Å². The lowest BCUT2D eigenvalue weighted by molar-refractivity contribution is 0.0941. The van der Waals surface area contributed by atoms with Gasteiger partial charge in [-0.2, -0.15) is 5.10 Å². The molecule has 0 aliphatic heterocycles. The van der Waals surface area contributed by atoms with Crippen molar-refractivity contribution in [3.05, 3.63) is 71.4 Å². The predicted molar refractivity (Wildman–Crippen MR) is 85.5 cm³/mol. The molecule has 0 bridgehead atoms. The number of hydrogen-bond donors (Lipinski definition) is 1. The normalized spacial score (nSPS) is 13.0. The van der Waals surface area contributed by atoms with Crippen molar-refractivity contribution in [2.75, 3.05) is 0 Å². The second-order valence-corrected chi connectivity index (χ2v) is 5.64. The minimum atomic E-state index is -0.144. The van der Waals surface area contributed by atoms with Crippen LogP contribution in [-0.4, -0.2) is 15.7 Å². The molecule has 1 amide bonds. The average molecular weight is 307 g/mol. The van der Waals surface area contributed by atoms with E-state index < -0.39 is 0 Å². The van der Waals surface area contributed by atoms with Crippen LogP contribution in [-0.2, 0) is 19.4 Å². The quantitative estimate of drug-likeness (QED) is 0.806. The van der Waals surface area contributed by atoms with Crippen LogP contribution < -0.4 is 5.32 Å². The van der Waals surface area contributed by atoms with Crippen molar-refractivity contribution in [1.82, 2.24) is 15.1 Å². The summed E-state index contributed by atoms with van der Waals surface area (Å²) >= 11 is 0. The van der Waals surface area contributed by atoms with Crippen molar-refractivity contribution in [2.24, 2.45) is 0 Å². The summed E-state index contributed by atoms with van der Waals surface area (Å²) in [7, 11) is 0. The van der Waals surface area contributed by atoms with Gasteiger partial charge in [-0.3, -0.25) is 4.79 Å². The van der Waals surface area contributed by atoms with E-state index in [4.69, 9.17) is 4.42 Å². The molecular formula is C18H17N3O2. The number of amides is 1. The van der Waals surface area contributed by atoms with E-state index in [2.05, 4.69) is 10.4 Å². The van der Waals surface area contributed by atoms with Gasteiger partial charge in [0.2, 0.25) is 0 Å². The first-order valence-corrected chi connectivity index (χ1v) is 7.80. The summed E-state index contributed by atoms with van der Waals surface area (Å²) in [6.45, 7) is 0.374. The van der Waals surface area contributed by atoms with E-state index in [0.29, 0.717) is 12.2 Å². The van der Waals surface area contributed by atoms with Gasteiger partial charge in [0, 0.05) is 11.3 Å². The standard InChI is InChI=1S/C18H17N3O2/c22-18(19-12-14-8-5-11-23-14)17-15-9-4-10-16(15)21(20-17)13-6-2-1-3-7-13/h1-3,5-8,11H,4,9-10,12H2,(H,19,22). The monoisotopic (exact) mass is 307 g/mol. The van der Waals surface area contributed by atoms with Gasteiger partial charge in [0.15, 0.2) is 5.69 Å². The fourth-order valence-electron chi connectivity index (χ4n) is 3.07. The summed E-state index contributed by atoms with van der Waals surface area (Å²) in [5, 5.41) is 7.46. The molecule has 0 spiro atoms. The van der Waals surface area contributed by atoms with Crippen LogP contribution in [0.25, 0.3) is 5.69 Å². The first-order valence-electron chi connectivity index (χ1n) is 7.80. The second kappa shape index (κ2) is 5.76. The molecular weight excluding hydrogens is 290 g/mol. The summed E-state index contributed by atoms with van der Waals surface area (Å²) in [6, 6.07) is 13.6. The highest BCUT2D eigenvalue weighted by molar-refractivity contribution is 5.94. The maximum atomic E-state index is 12.5. The molecule has 1 aliphatic rings. The number of nitrogens with one attached hydrogen (secondary N) is 1. The van der Waals surface area contributed by atoms with E-state index in [0.717, 1.165) is 42.0 Å². The predicted octanol–water partition coefficient (Wildman–Crippen LogP) is 2.88. The van der Waals surface area contributed by atoms with Crippen LogP contribution in [0.4, 0.5) is 0 Å². The summed E-state index contributed by atoms with van der Waals surface area (Å²) < 4.78 is 7.15. The highest BCUT2D eigenvalue weighted by Crippen LogP contribution is 2.27. The first kappa shape index (κ1) is 13.8. The number of para-hydroxylation sites is 1. The van der Waals surface area contributed by atoms with Crippen LogP contribution in [0.2, 0.25) is 0 Å². The molecule has 0 unspecified atom stereocenters. The number of hydrogen-bond acceptors (Lipinski definition) is 3. The fraction of sp³-hybridized carbons (Fsp3) is 0.222. The van der Waals surface area contributed by atoms with Crippen molar-refractivity contribution in [3.8, 4) is 5.69 Å². The van der Waals surface area contributed by atoms with Gasteiger partial charge in [-0.15, -0.1) is 0 Å². The van der Waals surface area contributed by atoms with Gasteiger partial charge in [0.1, 0.15) is 5.76 Å². The minimum absolute atomic E-state index is 0.144. The number of benzene rings is 1. The summed E-state index contributed by atoms with van der Waals surface area (Å²) in [6.07, 6.45) is 4.54. The smallest absolute Gasteiger partial charge is 0.272 e. The molecule has 0 radical (unpaired) electrons. The molecule has 5 nitrogen and oxygen atoms in total. The zero-order valence-corrected chi connectivity index (χ0v) is 12.7. The van der Waals surface area contributed by atoms with E-state index in [1.165, 1.54) is 0 Å². The zero-order chi connectivity index (χ0) is 15.6. The third-order valence-electron chi connectivity index (χ3n) is 4.15. The Morgan fingerprint density at radius 2 is 2.04 bits per heavy atom. The minimum Gasteiger partial charge on any atom is -0.467 e. The molecule has 116 valence electrons. The van der Waals surface area contributed by atoms with E-state index in [-0.39, 0.29) is 5.91 Å². The molecule has 0 saturated heterocycles. The van der Waals surface area contributed by atoms with Crippen molar-refractivity contribution in [3.63, 3.8) is 0 Å². The van der Waals surface area contributed by atoms with Crippen LogP contribution in [0.5, 0.6) is 0 Å². The highest BCUT2D eigenvalue weighted by atomic mass is 16.3. The van der Waals surface area contributed by atoms with Crippen LogP contribution in [0, 0.1) is 0 Å². The van der Waals surface area contributed by atoms with Crippen molar-refractivity contribution >= 4 is 5.91 Å². The molecule has 23 heavy (non-hydrogen) atoms. The van der Waals surface area contributed by atoms with E-state index in [1.807, 2.05) is 47.1 Å². The third kappa shape index (κ3) is 2.54. The zero-order valence-electron chi connectivity index (χ0n) is 12.7. The molecule has 5 heteroatoms. The van der Waals surface area contributed by atoms with Gasteiger partial charge in [-0.05, 0) is 43.5 Å². The molecule has 2 aromatic heterocycles. The Kier molecular flexibility index (Phi) is 3.46. The molecule has 0 atom stereocenters. The Bertz CT molecular complexity index is 820. The molecule has 2 heterocycles. The lowest BCUT2D eigenvalue weighted by atomic mass is 10.2. The van der Waals surface area contributed by atoms with Crippen LogP contribution in [0.15, 0.2) is 53.1 Å². The van der Waals surface area contributed by atoms with Gasteiger partial charge >= 0.3 is 0 Å². The van der Waals surface area contributed by atoms with E-state index in [9.17, 15) is 4.79 Å². The summed E-state index contributed by atoms with van der Waals surface area (Å²) in [5.41, 5.74) is 3.76. The molecule has 3 aromatic rings. The average Bonchev–Trinajstić information content (AvgIpc) is 3.30.